The third kappa shape index (κ3) is 3.97. The Balaban J connectivity index is 2.32. The van der Waals surface area contributed by atoms with E-state index in [0.717, 1.165) is 21.9 Å². The van der Waals surface area contributed by atoms with Gasteiger partial charge >= 0.3 is 0 Å². The molecule has 0 aliphatic carbocycles. The van der Waals surface area contributed by atoms with E-state index >= 15 is 0 Å². The highest BCUT2D eigenvalue weighted by atomic mass is 35.5. The van der Waals surface area contributed by atoms with Gasteiger partial charge in [0.25, 0.3) is 0 Å². The first-order valence-electron chi connectivity index (χ1n) is 6.90. The van der Waals surface area contributed by atoms with E-state index in [-0.39, 0.29) is 6.04 Å². The molecule has 0 saturated heterocycles. The second-order valence-electron chi connectivity index (χ2n) is 4.62. The van der Waals surface area contributed by atoms with Gasteiger partial charge in [-0.1, -0.05) is 48.0 Å². The van der Waals surface area contributed by atoms with Crippen molar-refractivity contribution in [3.63, 3.8) is 0 Å². The molecular formula is C17H20ClNO2. The second kappa shape index (κ2) is 8.03. The number of hydrogen-bond donors (Lipinski definition) is 1. The molecule has 0 bridgehead atoms. The molecule has 0 aromatic heterocycles. The van der Waals surface area contributed by atoms with E-state index in [0.29, 0.717) is 13.2 Å². The van der Waals surface area contributed by atoms with E-state index in [2.05, 4.69) is 5.32 Å². The maximum absolute atomic E-state index is 6.33. The van der Waals surface area contributed by atoms with Crippen molar-refractivity contribution >= 4 is 11.6 Å². The molecule has 0 aliphatic rings. The molecule has 0 saturated carbocycles. The molecule has 1 atom stereocenters. The number of para-hydroxylation sites is 1. The average molecular weight is 306 g/mol. The predicted molar refractivity (Wildman–Crippen MR) is 86.2 cm³/mol. The SMILES string of the molecule is CNC(c1ccccc1Cl)c1ccccc1OCCOC. The molecule has 0 amide bonds. The summed E-state index contributed by atoms with van der Waals surface area (Å²) < 4.78 is 10.8. The minimum atomic E-state index is -0.0163. The van der Waals surface area contributed by atoms with Crippen LogP contribution in [0.3, 0.4) is 0 Å². The van der Waals surface area contributed by atoms with Crippen LogP contribution < -0.4 is 10.1 Å². The summed E-state index contributed by atoms with van der Waals surface area (Å²) in [5.41, 5.74) is 2.09. The van der Waals surface area contributed by atoms with E-state index in [1.165, 1.54) is 0 Å². The van der Waals surface area contributed by atoms with Gasteiger partial charge in [0.05, 0.1) is 12.6 Å². The molecule has 2 aromatic rings. The van der Waals surface area contributed by atoms with Gasteiger partial charge in [0, 0.05) is 17.7 Å². The number of halogens is 1. The lowest BCUT2D eigenvalue weighted by atomic mass is 9.98. The predicted octanol–water partition coefficient (Wildman–Crippen LogP) is 3.67. The molecule has 0 heterocycles. The first kappa shape index (κ1) is 15.8. The molecule has 4 heteroatoms. The van der Waals surface area contributed by atoms with Gasteiger partial charge in [0.15, 0.2) is 0 Å². The minimum absolute atomic E-state index is 0.0163. The van der Waals surface area contributed by atoms with Crippen molar-refractivity contribution < 1.29 is 9.47 Å². The summed E-state index contributed by atoms with van der Waals surface area (Å²) in [6.07, 6.45) is 0. The van der Waals surface area contributed by atoms with Crippen molar-refractivity contribution in [1.29, 1.82) is 0 Å². The summed E-state index contributed by atoms with van der Waals surface area (Å²) in [6, 6.07) is 15.8. The number of rotatable bonds is 7. The van der Waals surface area contributed by atoms with Gasteiger partial charge in [-0.25, -0.2) is 0 Å². The Kier molecular flexibility index (Phi) is 6.05. The Bertz CT molecular complexity index is 574. The Labute approximate surface area is 130 Å². The van der Waals surface area contributed by atoms with E-state index in [1.54, 1.807) is 7.11 Å². The van der Waals surface area contributed by atoms with Gasteiger partial charge in [-0.05, 0) is 24.7 Å². The number of nitrogens with one attached hydrogen (secondary N) is 1. The molecule has 2 aromatic carbocycles. The van der Waals surface area contributed by atoms with E-state index in [1.807, 2.05) is 55.6 Å². The highest BCUT2D eigenvalue weighted by molar-refractivity contribution is 6.31. The fraction of sp³-hybridized carbons (Fsp3) is 0.294. The van der Waals surface area contributed by atoms with E-state index < -0.39 is 0 Å². The molecule has 3 nitrogen and oxygen atoms in total. The van der Waals surface area contributed by atoms with Gasteiger partial charge in [0.2, 0.25) is 0 Å². The summed E-state index contributed by atoms with van der Waals surface area (Å²) in [5.74, 6) is 0.841. The minimum Gasteiger partial charge on any atom is -0.491 e. The molecule has 21 heavy (non-hydrogen) atoms. The van der Waals surface area contributed by atoms with Gasteiger partial charge in [-0.3, -0.25) is 0 Å². The van der Waals surface area contributed by atoms with Crippen LogP contribution >= 0.6 is 11.6 Å². The third-order valence-electron chi connectivity index (χ3n) is 3.28. The Morgan fingerprint density at radius 3 is 2.33 bits per heavy atom. The van der Waals surface area contributed by atoms with Gasteiger partial charge in [0.1, 0.15) is 12.4 Å². The van der Waals surface area contributed by atoms with E-state index in [4.69, 9.17) is 21.1 Å². The van der Waals surface area contributed by atoms with Gasteiger partial charge in [-0.2, -0.15) is 0 Å². The van der Waals surface area contributed by atoms with Crippen LogP contribution in [0, 0.1) is 0 Å². The fourth-order valence-electron chi connectivity index (χ4n) is 2.27. The highest BCUT2D eigenvalue weighted by Gasteiger charge is 2.18. The molecule has 0 radical (unpaired) electrons. The molecule has 0 aliphatic heterocycles. The van der Waals surface area contributed by atoms with Gasteiger partial charge in [-0.15, -0.1) is 0 Å². The van der Waals surface area contributed by atoms with Crippen molar-refractivity contribution in [2.24, 2.45) is 0 Å². The summed E-state index contributed by atoms with van der Waals surface area (Å²) in [5, 5.41) is 4.05. The zero-order chi connectivity index (χ0) is 15.1. The zero-order valence-electron chi connectivity index (χ0n) is 12.3. The maximum Gasteiger partial charge on any atom is 0.124 e. The monoisotopic (exact) mass is 305 g/mol. The second-order valence-corrected chi connectivity index (χ2v) is 5.03. The van der Waals surface area contributed by atoms with Crippen LogP contribution in [-0.4, -0.2) is 27.4 Å². The summed E-state index contributed by atoms with van der Waals surface area (Å²) in [6.45, 7) is 1.08. The van der Waals surface area contributed by atoms with Crippen LogP contribution in [-0.2, 0) is 4.74 Å². The van der Waals surface area contributed by atoms with Crippen LogP contribution in [0.4, 0.5) is 0 Å². The molecule has 2 rings (SSSR count). The molecule has 0 fully saturated rings. The van der Waals surface area contributed by atoms with Crippen LogP contribution in [0.5, 0.6) is 5.75 Å². The number of hydrogen-bond acceptors (Lipinski definition) is 3. The normalized spacial score (nSPS) is 12.1. The number of methoxy groups -OCH3 is 1. The Morgan fingerprint density at radius 1 is 1.00 bits per heavy atom. The van der Waals surface area contributed by atoms with Crippen molar-refractivity contribution in [1.82, 2.24) is 5.32 Å². The van der Waals surface area contributed by atoms with Crippen molar-refractivity contribution in [3.8, 4) is 5.75 Å². The van der Waals surface area contributed by atoms with Crippen LogP contribution in [0.25, 0.3) is 0 Å². The van der Waals surface area contributed by atoms with E-state index in [9.17, 15) is 0 Å². The van der Waals surface area contributed by atoms with Crippen molar-refractivity contribution in [2.45, 2.75) is 6.04 Å². The quantitative estimate of drug-likeness (QED) is 0.792. The molecule has 112 valence electrons. The zero-order valence-corrected chi connectivity index (χ0v) is 13.1. The van der Waals surface area contributed by atoms with Crippen LogP contribution in [0.2, 0.25) is 5.02 Å². The Hall–Kier alpha value is -1.55. The molecular weight excluding hydrogens is 286 g/mol. The summed E-state index contributed by atoms with van der Waals surface area (Å²) in [7, 11) is 3.58. The first-order chi connectivity index (χ1) is 10.3. The largest absolute Gasteiger partial charge is 0.491 e. The van der Waals surface area contributed by atoms with Crippen molar-refractivity contribution in [2.75, 3.05) is 27.4 Å². The third-order valence-corrected chi connectivity index (χ3v) is 3.62. The number of benzene rings is 2. The number of ether oxygens (including phenoxy) is 2. The first-order valence-corrected chi connectivity index (χ1v) is 7.28. The van der Waals surface area contributed by atoms with Crippen LogP contribution in [0.15, 0.2) is 48.5 Å². The smallest absolute Gasteiger partial charge is 0.124 e. The lowest BCUT2D eigenvalue weighted by Gasteiger charge is -2.21. The topological polar surface area (TPSA) is 30.5 Å². The Morgan fingerprint density at radius 2 is 1.67 bits per heavy atom. The summed E-state index contributed by atoms with van der Waals surface area (Å²) in [4.78, 5) is 0. The fourth-order valence-corrected chi connectivity index (χ4v) is 2.52. The van der Waals surface area contributed by atoms with Gasteiger partial charge < -0.3 is 14.8 Å². The molecule has 1 N–H and O–H groups in total. The summed E-state index contributed by atoms with van der Waals surface area (Å²) >= 11 is 6.33. The average Bonchev–Trinajstić information content (AvgIpc) is 2.51. The maximum atomic E-state index is 6.33. The molecule has 0 spiro atoms. The highest BCUT2D eigenvalue weighted by Crippen LogP contribution is 2.33. The lowest BCUT2D eigenvalue weighted by Crippen LogP contribution is -2.19. The lowest BCUT2D eigenvalue weighted by molar-refractivity contribution is 0.145. The van der Waals surface area contributed by atoms with Crippen molar-refractivity contribution in [3.05, 3.63) is 64.7 Å². The molecule has 1 unspecified atom stereocenters. The standard InChI is InChI=1S/C17H20ClNO2/c1-19-17(13-7-3-5-9-15(13)18)14-8-4-6-10-16(14)21-12-11-20-2/h3-10,17,19H,11-12H2,1-2H3. The van der Waals surface area contributed by atoms with Crippen LogP contribution in [0.1, 0.15) is 17.2 Å².